The molecule has 0 fully saturated rings. The van der Waals surface area contributed by atoms with E-state index in [1.165, 1.54) is 0 Å². The van der Waals surface area contributed by atoms with Gasteiger partial charge in [0.25, 0.3) is 0 Å². The fourth-order valence-electron chi connectivity index (χ4n) is 1.00. The minimum absolute atomic E-state index is 0.583. The number of nitrogens with zero attached hydrogens (tertiary/aromatic N) is 1. The summed E-state index contributed by atoms with van der Waals surface area (Å²) in [6, 6.07) is 0.671. The van der Waals surface area contributed by atoms with Crippen LogP contribution in [-0.2, 0) is 18.0 Å². The zero-order chi connectivity index (χ0) is 11.0. The molecular formula is C8H21NO4Si. The summed E-state index contributed by atoms with van der Waals surface area (Å²) in [6.45, 7) is 1.18. The van der Waals surface area contributed by atoms with Crippen LogP contribution in [0.2, 0.25) is 6.04 Å². The second kappa shape index (κ2) is 7.33. The van der Waals surface area contributed by atoms with Gasteiger partial charge in [-0.25, -0.2) is 0 Å². The van der Waals surface area contributed by atoms with Crippen LogP contribution in [-0.4, -0.2) is 62.5 Å². The standard InChI is InChI=1S/C8H21NO4Si/c1-9(2)8-13-6-7-14(10-3,11-4)12-5/h6-8H2,1-5H3. The second-order valence-corrected chi connectivity index (χ2v) is 6.25. The smallest absolute Gasteiger partial charge is 0.377 e. The summed E-state index contributed by atoms with van der Waals surface area (Å²) in [6.07, 6.45) is 0. The van der Waals surface area contributed by atoms with Crippen LogP contribution in [0, 0.1) is 0 Å². The summed E-state index contributed by atoms with van der Waals surface area (Å²) in [5.41, 5.74) is 0. The highest BCUT2D eigenvalue weighted by molar-refractivity contribution is 6.60. The summed E-state index contributed by atoms with van der Waals surface area (Å²) >= 11 is 0. The summed E-state index contributed by atoms with van der Waals surface area (Å²) in [4.78, 5) is 1.95. The molecule has 0 aromatic heterocycles. The first-order chi connectivity index (χ1) is 6.60. The summed E-state index contributed by atoms with van der Waals surface area (Å²) < 4.78 is 21.1. The average Bonchev–Trinajstić information content (AvgIpc) is 2.19. The van der Waals surface area contributed by atoms with Crippen molar-refractivity contribution in [3.05, 3.63) is 0 Å². The van der Waals surface area contributed by atoms with Crippen molar-refractivity contribution in [2.75, 3.05) is 48.8 Å². The van der Waals surface area contributed by atoms with Crippen molar-refractivity contribution in [3.63, 3.8) is 0 Å². The van der Waals surface area contributed by atoms with Crippen molar-refractivity contribution in [1.29, 1.82) is 0 Å². The van der Waals surface area contributed by atoms with E-state index in [1.807, 2.05) is 19.0 Å². The second-order valence-electron chi connectivity index (χ2n) is 3.16. The van der Waals surface area contributed by atoms with Crippen LogP contribution in [0.5, 0.6) is 0 Å². The summed E-state index contributed by atoms with van der Waals surface area (Å²) in [5, 5.41) is 0. The molecule has 86 valence electrons. The minimum Gasteiger partial charge on any atom is -0.377 e. The van der Waals surface area contributed by atoms with Crippen LogP contribution in [0.25, 0.3) is 0 Å². The third-order valence-corrected chi connectivity index (χ3v) is 4.52. The molecule has 5 nitrogen and oxygen atoms in total. The molecule has 0 aromatic rings. The van der Waals surface area contributed by atoms with E-state index in [1.54, 1.807) is 21.3 Å². The van der Waals surface area contributed by atoms with E-state index < -0.39 is 8.80 Å². The van der Waals surface area contributed by atoms with Gasteiger partial charge in [-0.1, -0.05) is 0 Å². The molecule has 0 aliphatic heterocycles. The van der Waals surface area contributed by atoms with Crippen LogP contribution < -0.4 is 0 Å². The maximum atomic E-state index is 5.38. The zero-order valence-electron chi connectivity index (χ0n) is 9.70. The number of ether oxygens (including phenoxy) is 1. The fourth-order valence-corrected chi connectivity index (χ4v) is 2.51. The van der Waals surface area contributed by atoms with Gasteiger partial charge in [-0.3, -0.25) is 4.90 Å². The van der Waals surface area contributed by atoms with Gasteiger partial charge < -0.3 is 18.0 Å². The molecule has 0 spiro atoms. The Balaban J connectivity index is 3.71. The highest BCUT2D eigenvalue weighted by Gasteiger charge is 2.37. The molecule has 0 rings (SSSR count). The lowest BCUT2D eigenvalue weighted by Gasteiger charge is -2.24. The molecule has 14 heavy (non-hydrogen) atoms. The van der Waals surface area contributed by atoms with Gasteiger partial charge in [0.15, 0.2) is 0 Å². The quantitative estimate of drug-likeness (QED) is 0.338. The Morgan fingerprint density at radius 3 is 1.86 bits per heavy atom. The third kappa shape index (κ3) is 5.04. The molecule has 0 heterocycles. The predicted molar refractivity (Wildman–Crippen MR) is 56.1 cm³/mol. The van der Waals surface area contributed by atoms with Crippen molar-refractivity contribution in [2.45, 2.75) is 6.04 Å². The molecule has 0 bridgehead atoms. The average molecular weight is 223 g/mol. The molecule has 0 radical (unpaired) electrons. The Hall–Kier alpha value is 0.0169. The topological polar surface area (TPSA) is 40.2 Å². The molecule has 0 saturated heterocycles. The van der Waals surface area contributed by atoms with E-state index in [0.717, 1.165) is 0 Å². The highest BCUT2D eigenvalue weighted by atomic mass is 28.4. The Kier molecular flexibility index (Phi) is 7.34. The highest BCUT2D eigenvalue weighted by Crippen LogP contribution is 2.11. The molecular weight excluding hydrogens is 202 g/mol. The molecule has 0 aliphatic rings. The molecule has 0 aromatic carbocycles. The van der Waals surface area contributed by atoms with E-state index in [-0.39, 0.29) is 0 Å². The molecule has 0 atom stereocenters. The van der Waals surface area contributed by atoms with Gasteiger partial charge in [-0.05, 0) is 14.1 Å². The normalized spacial score (nSPS) is 12.4. The van der Waals surface area contributed by atoms with Gasteiger partial charge in [0.05, 0.1) is 13.3 Å². The number of rotatable bonds is 8. The maximum absolute atomic E-state index is 5.38. The van der Waals surface area contributed by atoms with Gasteiger partial charge in [0.2, 0.25) is 0 Å². The van der Waals surface area contributed by atoms with E-state index in [0.29, 0.717) is 19.4 Å². The van der Waals surface area contributed by atoms with Crippen LogP contribution in [0.1, 0.15) is 0 Å². The van der Waals surface area contributed by atoms with Gasteiger partial charge in [-0.15, -0.1) is 0 Å². The molecule has 0 saturated carbocycles. The largest absolute Gasteiger partial charge is 0.502 e. The Morgan fingerprint density at radius 2 is 1.50 bits per heavy atom. The minimum atomic E-state index is -2.43. The van der Waals surface area contributed by atoms with Crippen molar-refractivity contribution in [2.24, 2.45) is 0 Å². The summed E-state index contributed by atoms with van der Waals surface area (Å²) in [7, 11) is 6.28. The summed E-state index contributed by atoms with van der Waals surface area (Å²) in [5.74, 6) is 0. The van der Waals surface area contributed by atoms with Crippen LogP contribution in [0.15, 0.2) is 0 Å². The van der Waals surface area contributed by atoms with Gasteiger partial charge in [-0.2, -0.15) is 0 Å². The van der Waals surface area contributed by atoms with Crippen LogP contribution in [0.4, 0.5) is 0 Å². The van der Waals surface area contributed by atoms with Crippen LogP contribution in [0.3, 0.4) is 0 Å². The zero-order valence-corrected chi connectivity index (χ0v) is 10.7. The third-order valence-electron chi connectivity index (χ3n) is 1.84. The molecule has 0 N–H and O–H groups in total. The SMILES string of the molecule is CO[Si](CCOCN(C)C)(OC)OC. The van der Waals surface area contributed by atoms with Crippen molar-refractivity contribution < 1.29 is 18.0 Å². The first-order valence-corrected chi connectivity index (χ1v) is 6.41. The van der Waals surface area contributed by atoms with Crippen molar-refractivity contribution in [3.8, 4) is 0 Å². The van der Waals surface area contributed by atoms with E-state index >= 15 is 0 Å². The van der Waals surface area contributed by atoms with E-state index in [9.17, 15) is 0 Å². The van der Waals surface area contributed by atoms with Crippen molar-refractivity contribution >= 4 is 8.80 Å². The lowest BCUT2D eigenvalue weighted by Crippen LogP contribution is -2.43. The first kappa shape index (κ1) is 14.0. The van der Waals surface area contributed by atoms with Gasteiger partial charge in [0, 0.05) is 27.4 Å². The van der Waals surface area contributed by atoms with Crippen molar-refractivity contribution in [1.82, 2.24) is 4.90 Å². The van der Waals surface area contributed by atoms with Gasteiger partial charge in [0.1, 0.15) is 0 Å². The first-order valence-electron chi connectivity index (χ1n) is 4.48. The lowest BCUT2D eigenvalue weighted by atomic mass is 10.8. The fraction of sp³-hybridized carbons (Fsp3) is 1.00. The monoisotopic (exact) mass is 223 g/mol. The molecule has 6 heteroatoms. The molecule has 0 aliphatic carbocycles. The maximum Gasteiger partial charge on any atom is 0.502 e. The van der Waals surface area contributed by atoms with E-state index in [2.05, 4.69) is 0 Å². The van der Waals surface area contributed by atoms with E-state index in [4.69, 9.17) is 18.0 Å². The Labute approximate surface area is 87.3 Å². The number of hydrogen-bond acceptors (Lipinski definition) is 5. The van der Waals surface area contributed by atoms with Crippen LogP contribution >= 0.6 is 0 Å². The molecule has 0 unspecified atom stereocenters. The van der Waals surface area contributed by atoms with Gasteiger partial charge >= 0.3 is 8.80 Å². The predicted octanol–water partition coefficient (Wildman–Crippen LogP) is 0.400. The Morgan fingerprint density at radius 1 is 1.00 bits per heavy atom. The number of hydrogen-bond donors (Lipinski definition) is 0. The lowest BCUT2D eigenvalue weighted by molar-refractivity contribution is 0.0502. The Bertz CT molecular complexity index is 133. The molecule has 0 amide bonds.